The third kappa shape index (κ3) is 3.79. The van der Waals surface area contributed by atoms with Crippen LogP contribution >= 0.6 is 0 Å². The molecule has 2 aromatic carbocycles. The van der Waals surface area contributed by atoms with Crippen molar-refractivity contribution in [1.29, 1.82) is 0 Å². The number of benzene rings is 2. The van der Waals surface area contributed by atoms with E-state index in [9.17, 15) is 4.79 Å². The Kier molecular flexibility index (Phi) is 5.77. The molecule has 1 aliphatic carbocycles. The van der Waals surface area contributed by atoms with Crippen LogP contribution in [0.3, 0.4) is 0 Å². The Morgan fingerprint density at radius 2 is 1.79 bits per heavy atom. The van der Waals surface area contributed by atoms with E-state index < -0.39 is 0 Å². The van der Waals surface area contributed by atoms with Crippen LogP contribution in [0.4, 0.5) is 0 Å². The van der Waals surface area contributed by atoms with E-state index in [1.54, 1.807) is 29.4 Å². The first-order chi connectivity index (χ1) is 19.1. The molecule has 2 aliphatic heterocycles. The van der Waals surface area contributed by atoms with Gasteiger partial charge in [-0.25, -0.2) is 9.97 Å². The average Bonchev–Trinajstić information content (AvgIpc) is 3.44. The minimum Gasteiger partial charge on any atom is -0.364 e. The summed E-state index contributed by atoms with van der Waals surface area (Å²) in [6.07, 6.45) is 5.94. The maximum atomic E-state index is 13.2. The number of ether oxygens (including phenoxy) is 3. The number of rotatable bonds is 7. The molecule has 9 heteroatoms. The van der Waals surface area contributed by atoms with Crippen molar-refractivity contribution < 1.29 is 19.0 Å². The molecular formula is C30H31N5O4. The Bertz CT molecular complexity index is 1590. The molecule has 1 spiro atoms. The summed E-state index contributed by atoms with van der Waals surface area (Å²) in [5, 5.41) is 0. The fourth-order valence-corrected chi connectivity index (χ4v) is 6.47. The highest BCUT2D eigenvalue weighted by Crippen LogP contribution is 2.67. The number of hydrogen-bond donors (Lipinski definition) is 0. The summed E-state index contributed by atoms with van der Waals surface area (Å²) < 4.78 is 23.0. The Balaban J connectivity index is 1.26. The molecule has 1 saturated carbocycles. The van der Waals surface area contributed by atoms with Crippen molar-refractivity contribution >= 4 is 17.1 Å². The summed E-state index contributed by atoms with van der Waals surface area (Å²) in [4.78, 5) is 27.1. The van der Waals surface area contributed by atoms with Gasteiger partial charge >= 0.3 is 0 Å². The van der Waals surface area contributed by atoms with Gasteiger partial charge in [-0.1, -0.05) is 62.4 Å². The van der Waals surface area contributed by atoms with Crippen LogP contribution in [0.2, 0.25) is 0 Å². The van der Waals surface area contributed by atoms with Gasteiger partial charge in [0.05, 0.1) is 18.5 Å². The van der Waals surface area contributed by atoms with Crippen LogP contribution in [0.5, 0.6) is 0 Å². The summed E-state index contributed by atoms with van der Waals surface area (Å²) in [5.74, 6) is -0.0977. The molecule has 3 aliphatic rings. The Morgan fingerprint density at radius 3 is 2.51 bits per heavy atom. The van der Waals surface area contributed by atoms with Gasteiger partial charge in [0.25, 0.3) is 5.91 Å². The van der Waals surface area contributed by atoms with Gasteiger partial charge in [0, 0.05) is 11.5 Å². The minimum atomic E-state index is -0.358. The van der Waals surface area contributed by atoms with Gasteiger partial charge in [-0.05, 0) is 37.0 Å². The molecule has 39 heavy (non-hydrogen) atoms. The Morgan fingerprint density at radius 1 is 1.05 bits per heavy atom. The number of carbonyl (C=O) groups is 1. The van der Waals surface area contributed by atoms with E-state index in [0.29, 0.717) is 28.8 Å². The minimum absolute atomic E-state index is 0.0838. The van der Waals surface area contributed by atoms with Gasteiger partial charge in [0.1, 0.15) is 24.8 Å². The van der Waals surface area contributed by atoms with E-state index in [1.165, 1.54) is 0 Å². The largest absolute Gasteiger partial charge is 0.364 e. The van der Waals surface area contributed by atoms with Crippen LogP contribution in [0.15, 0.2) is 78.3 Å². The van der Waals surface area contributed by atoms with E-state index in [4.69, 9.17) is 19.2 Å². The van der Waals surface area contributed by atoms with Crippen LogP contribution in [0.1, 0.15) is 55.3 Å². The molecule has 2 saturated heterocycles. The summed E-state index contributed by atoms with van der Waals surface area (Å²) in [5.41, 5.74) is 2.60. The maximum absolute atomic E-state index is 13.2. The topological polar surface area (TPSA) is 92.8 Å². The van der Waals surface area contributed by atoms with Crippen LogP contribution in [0, 0.1) is 5.92 Å². The van der Waals surface area contributed by atoms with Gasteiger partial charge < -0.3 is 14.2 Å². The first kappa shape index (κ1) is 24.4. The predicted octanol–water partition coefficient (Wildman–Crippen LogP) is 4.39. The lowest BCUT2D eigenvalue weighted by molar-refractivity contribution is -0.223. The number of amides is 1. The third-order valence-electron chi connectivity index (χ3n) is 8.62. The molecule has 0 N–H and O–H groups in total. The summed E-state index contributed by atoms with van der Waals surface area (Å²) >= 11 is 0. The monoisotopic (exact) mass is 525 g/mol. The fourth-order valence-electron chi connectivity index (χ4n) is 6.47. The highest BCUT2D eigenvalue weighted by Gasteiger charge is 2.76. The maximum Gasteiger partial charge on any atom is 0.279 e. The number of aromatic nitrogens is 4. The number of nitrogens with zero attached hydrogens (tertiary/aromatic N) is 5. The fraction of sp³-hybridized carbons (Fsp3) is 0.400. The van der Waals surface area contributed by atoms with E-state index in [0.717, 1.165) is 24.8 Å². The van der Waals surface area contributed by atoms with Crippen molar-refractivity contribution in [3.05, 3.63) is 89.9 Å². The number of hydrogen-bond acceptors (Lipinski definition) is 6. The standard InChI is InChI=1S/C30H31N5O4/c1-3-30-20(2)24(38-29(30)14-15-29)28(39-30)35-18-31-23-25(35)32-17-34(19-37-16-21-10-6-4-7-11-21)26(23)33-27(36)22-12-8-5-9-13-22/h4-13,17-18,20,24,28H,3,14-16,19H2,1-2H3/t20?,24-,28+,30+/m0/s1. The van der Waals surface area contributed by atoms with Gasteiger partial charge in [-0.15, -0.1) is 0 Å². The van der Waals surface area contributed by atoms with E-state index in [-0.39, 0.29) is 42.1 Å². The van der Waals surface area contributed by atoms with Gasteiger partial charge in [-0.2, -0.15) is 4.99 Å². The molecule has 4 aromatic rings. The molecule has 2 bridgehead atoms. The van der Waals surface area contributed by atoms with E-state index in [1.807, 2.05) is 53.1 Å². The second kappa shape index (κ2) is 9.22. The first-order valence-electron chi connectivity index (χ1n) is 13.6. The van der Waals surface area contributed by atoms with Crippen molar-refractivity contribution in [2.24, 2.45) is 10.9 Å². The quantitative estimate of drug-likeness (QED) is 0.355. The zero-order valence-corrected chi connectivity index (χ0v) is 22.1. The molecule has 4 heterocycles. The van der Waals surface area contributed by atoms with Crippen molar-refractivity contribution in [3.63, 3.8) is 0 Å². The number of imidazole rings is 1. The van der Waals surface area contributed by atoms with Crippen molar-refractivity contribution in [1.82, 2.24) is 19.1 Å². The molecule has 7 rings (SSSR count). The highest BCUT2D eigenvalue weighted by atomic mass is 16.6. The average molecular weight is 526 g/mol. The molecular weight excluding hydrogens is 494 g/mol. The van der Waals surface area contributed by atoms with E-state index in [2.05, 4.69) is 23.8 Å². The normalized spacial score (nSPS) is 27.0. The summed E-state index contributed by atoms with van der Waals surface area (Å²) in [6, 6.07) is 18.9. The summed E-state index contributed by atoms with van der Waals surface area (Å²) in [6.45, 7) is 4.99. The van der Waals surface area contributed by atoms with Crippen molar-refractivity contribution in [3.8, 4) is 0 Å². The zero-order chi connectivity index (χ0) is 26.6. The second-order valence-corrected chi connectivity index (χ2v) is 10.7. The highest BCUT2D eigenvalue weighted by molar-refractivity contribution is 5.95. The SMILES string of the molecule is CC[C@]12O[C@@H](n3cnc4c(=NC(=O)c5ccccc5)n(COCc5ccccc5)cnc43)[C@@H](OC13CC3)C2C. The molecule has 1 unspecified atom stereocenters. The van der Waals surface area contributed by atoms with Gasteiger partial charge in [0.2, 0.25) is 0 Å². The van der Waals surface area contributed by atoms with Crippen LogP contribution < -0.4 is 5.49 Å². The van der Waals surface area contributed by atoms with Crippen LogP contribution in [0.25, 0.3) is 11.2 Å². The molecule has 4 atom stereocenters. The molecule has 200 valence electrons. The van der Waals surface area contributed by atoms with Gasteiger partial charge in [0.15, 0.2) is 22.9 Å². The molecule has 2 aromatic heterocycles. The first-order valence-corrected chi connectivity index (χ1v) is 13.6. The molecule has 0 radical (unpaired) electrons. The molecule has 3 fully saturated rings. The summed E-state index contributed by atoms with van der Waals surface area (Å²) in [7, 11) is 0. The predicted molar refractivity (Wildman–Crippen MR) is 142 cm³/mol. The molecule has 9 nitrogen and oxygen atoms in total. The van der Waals surface area contributed by atoms with Crippen LogP contribution in [-0.2, 0) is 27.5 Å². The lowest BCUT2D eigenvalue weighted by Crippen LogP contribution is -2.46. The smallest absolute Gasteiger partial charge is 0.279 e. The molecule has 1 amide bonds. The second-order valence-electron chi connectivity index (χ2n) is 10.7. The number of fused-ring (bicyclic) bond motifs is 4. The Labute approximate surface area is 226 Å². The van der Waals surface area contributed by atoms with E-state index >= 15 is 0 Å². The van der Waals surface area contributed by atoms with Crippen molar-refractivity contribution in [2.45, 2.75) is 70.0 Å². The lowest BCUT2D eigenvalue weighted by Gasteiger charge is -2.38. The van der Waals surface area contributed by atoms with Gasteiger partial charge in [-0.3, -0.25) is 13.9 Å². The van der Waals surface area contributed by atoms with Crippen LogP contribution in [-0.4, -0.2) is 42.3 Å². The Hall–Kier alpha value is -3.66. The zero-order valence-electron chi connectivity index (χ0n) is 22.1. The lowest BCUT2D eigenvalue weighted by atomic mass is 9.82. The number of carbonyl (C=O) groups excluding carboxylic acids is 1. The third-order valence-corrected chi connectivity index (χ3v) is 8.62. The van der Waals surface area contributed by atoms with Crippen molar-refractivity contribution in [2.75, 3.05) is 0 Å².